The summed E-state index contributed by atoms with van der Waals surface area (Å²) in [5.41, 5.74) is 0. The standard InChI is InChI=1S/C14H26N4O2S/c1-3-8-18(11-13-5-6-13)21(19,20)14-10-16-17(12-14)9-4-7-15-2/h10,12-13,15H,3-9,11H2,1-2H3. The van der Waals surface area contributed by atoms with Crippen LogP contribution in [0.2, 0.25) is 0 Å². The molecule has 2 rings (SSSR count). The summed E-state index contributed by atoms with van der Waals surface area (Å²) in [5.74, 6) is 0.553. The zero-order valence-corrected chi connectivity index (χ0v) is 13.8. The third-order valence-electron chi connectivity index (χ3n) is 3.69. The zero-order chi connectivity index (χ0) is 15.3. The molecule has 0 spiro atoms. The van der Waals surface area contributed by atoms with E-state index in [1.54, 1.807) is 15.2 Å². The van der Waals surface area contributed by atoms with Gasteiger partial charge in [0.05, 0.1) is 6.20 Å². The molecule has 0 unspecified atom stereocenters. The van der Waals surface area contributed by atoms with Crippen LogP contribution in [0.25, 0.3) is 0 Å². The van der Waals surface area contributed by atoms with Crippen molar-refractivity contribution in [2.45, 2.75) is 44.0 Å². The number of hydrogen-bond acceptors (Lipinski definition) is 4. The van der Waals surface area contributed by atoms with Gasteiger partial charge in [-0.15, -0.1) is 0 Å². The molecule has 0 aromatic carbocycles. The Morgan fingerprint density at radius 1 is 1.48 bits per heavy atom. The van der Waals surface area contributed by atoms with Gasteiger partial charge in [-0.25, -0.2) is 8.42 Å². The number of aromatic nitrogens is 2. The van der Waals surface area contributed by atoms with Gasteiger partial charge >= 0.3 is 0 Å². The van der Waals surface area contributed by atoms with E-state index in [1.165, 1.54) is 6.20 Å². The Labute approximate surface area is 127 Å². The maximum Gasteiger partial charge on any atom is 0.246 e. The molecule has 120 valence electrons. The average molecular weight is 314 g/mol. The third-order valence-corrected chi connectivity index (χ3v) is 5.51. The lowest BCUT2D eigenvalue weighted by molar-refractivity contribution is 0.395. The van der Waals surface area contributed by atoms with Crippen LogP contribution in [0.3, 0.4) is 0 Å². The second-order valence-electron chi connectivity index (χ2n) is 5.70. The fourth-order valence-electron chi connectivity index (χ4n) is 2.31. The monoisotopic (exact) mass is 314 g/mol. The van der Waals surface area contributed by atoms with Gasteiger partial charge in [0, 0.05) is 25.8 Å². The fourth-order valence-corrected chi connectivity index (χ4v) is 3.88. The molecule has 0 aliphatic heterocycles. The molecule has 0 bridgehead atoms. The van der Waals surface area contributed by atoms with Crippen molar-refractivity contribution >= 4 is 10.0 Å². The average Bonchev–Trinajstić information content (AvgIpc) is 3.14. The Balaban J connectivity index is 2.05. The molecule has 1 aromatic rings. The maximum absolute atomic E-state index is 12.7. The normalized spacial score (nSPS) is 15.8. The van der Waals surface area contributed by atoms with Crippen LogP contribution >= 0.6 is 0 Å². The van der Waals surface area contributed by atoms with Gasteiger partial charge in [-0.2, -0.15) is 9.40 Å². The van der Waals surface area contributed by atoms with Crippen LogP contribution in [0.1, 0.15) is 32.6 Å². The molecule has 1 fully saturated rings. The predicted octanol–water partition coefficient (Wildman–Crippen LogP) is 1.30. The molecule has 1 aromatic heterocycles. The second kappa shape index (κ2) is 7.38. The van der Waals surface area contributed by atoms with Gasteiger partial charge in [0.15, 0.2) is 0 Å². The molecule has 0 atom stereocenters. The van der Waals surface area contributed by atoms with Crippen LogP contribution in [-0.2, 0) is 16.6 Å². The summed E-state index contributed by atoms with van der Waals surface area (Å²) in [6.45, 7) is 4.87. The van der Waals surface area contributed by atoms with Crippen LogP contribution in [-0.4, -0.2) is 49.2 Å². The van der Waals surface area contributed by atoms with E-state index < -0.39 is 10.0 Å². The molecule has 1 heterocycles. The van der Waals surface area contributed by atoms with E-state index in [0.29, 0.717) is 23.9 Å². The van der Waals surface area contributed by atoms with Gasteiger partial charge in [0.2, 0.25) is 10.0 Å². The first kappa shape index (κ1) is 16.5. The predicted molar refractivity (Wildman–Crippen MR) is 82.5 cm³/mol. The van der Waals surface area contributed by atoms with E-state index in [4.69, 9.17) is 0 Å². The topological polar surface area (TPSA) is 67.2 Å². The lowest BCUT2D eigenvalue weighted by atomic mass is 10.4. The first-order valence-corrected chi connectivity index (χ1v) is 9.19. The van der Waals surface area contributed by atoms with Crippen molar-refractivity contribution in [2.75, 3.05) is 26.7 Å². The minimum absolute atomic E-state index is 0.320. The van der Waals surface area contributed by atoms with E-state index in [2.05, 4.69) is 10.4 Å². The molecule has 1 aliphatic carbocycles. The highest BCUT2D eigenvalue weighted by Gasteiger charge is 2.31. The highest BCUT2D eigenvalue weighted by Crippen LogP contribution is 2.31. The van der Waals surface area contributed by atoms with Crippen molar-refractivity contribution in [2.24, 2.45) is 5.92 Å². The maximum atomic E-state index is 12.7. The summed E-state index contributed by atoms with van der Waals surface area (Å²) in [6, 6.07) is 0. The molecule has 1 aliphatic rings. The van der Waals surface area contributed by atoms with Gasteiger partial charge in [-0.3, -0.25) is 4.68 Å². The second-order valence-corrected chi connectivity index (χ2v) is 7.64. The van der Waals surface area contributed by atoms with Crippen molar-refractivity contribution < 1.29 is 8.42 Å². The molecular formula is C14H26N4O2S. The SMILES string of the molecule is CCCN(CC1CC1)S(=O)(=O)c1cnn(CCCNC)c1. The summed E-state index contributed by atoms with van der Waals surface area (Å²) in [5, 5.41) is 7.25. The number of sulfonamides is 1. The quantitative estimate of drug-likeness (QED) is 0.661. The molecule has 0 amide bonds. The molecule has 1 N–H and O–H groups in total. The molecule has 0 radical (unpaired) electrons. The summed E-state index contributed by atoms with van der Waals surface area (Å²) in [4.78, 5) is 0.320. The number of nitrogens with one attached hydrogen (secondary N) is 1. The minimum Gasteiger partial charge on any atom is -0.320 e. The van der Waals surface area contributed by atoms with Crippen LogP contribution < -0.4 is 5.32 Å². The van der Waals surface area contributed by atoms with Crippen LogP contribution in [0.15, 0.2) is 17.3 Å². The Kier molecular flexibility index (Phi) is 5.78. The minimum atomic E-state index is -3.39. The summed E-state index contributed by atoms with van der Waals surface area (Å²) < 4.78 is 28.7. The van der Waals surface area contributed by atoms with Crippen molar-refractivity contribution in [1.82, 2.24) is 19.4 Å². The Hall–Kier alpha value is -0.920. The van der Waals surface area contributed by atoms with Gasteiger partial charge in [0.1, 0.15) is 4.90 Å². The van der Waals surface area contributed by atoms with E-state index in [1.807, 2.05) is 14.0 Å². The van der Waals surface area contributed by atoms with E-state index in [0.717, 1.165) is 38.8 Å². The number of hydrogen-bond donors (Lipinski definition) is 1. The van der Waals surface area contributed by atoms with Crippen LogP contribution in [0.4, 0.5) is 0 Å². The third kappa shape index (κ3) is 4.52. The van der Waals surface area contributed by atoms with Gasteiger partial charge < -0.3 is 5.32 Å². The molecule has 21 heavy (non-hydrogen) atoms. The highest BCUT2D eigenvalue weighted by molar-refractivity contribution is 7.89. The lowest BCUT2D eigenvalue weighted by Gasteiger charge is -2.20. The van der Waals surface area contributed by atoms with Crippen molar-refractivity contribution in [3.8, 4) is 0 Å². The van der Waals surface area contributed by atoms with Gasteiger partial charge in [-0.05, 0) is 45.2 Å². The van der Waals surface area contributed by atoms with Crippen molar-refractivity contribution in [3.63, 3.8) is 0 Å². The van der Waals surface area contributed by atoms with Gasteiger partial charge in [0.25, 0.3) is 0 Å². The Morgan fingerprint density at radius 2 is 2.24 bits per heavy atom. The van der Waals surface area contributed by atoms with Crippen LogP contribution in [0, 0.1) is 5.92 Å². The Bertz CT molecular complexity index is 537. The summed E-state index contributed by atoms with van der Waals surface area (Å²) in [7, 11) is -1.49. The smallest absolute Gasteiger partial charge is 0.246 e. The Morgan fingerprint density at radius 3 is 2.86 bits per heavy atom. The molecule has 6 nitrogen and oxygen atoms in total. The number of nitrogens with zero attached hydrogens (tertiary/aromatic N) is 3. The summed E-state index contributed by atoms with van der Waals surface area (Å²) in [6.07, 6.45) is 7.20. The van der Waals surface area contributed by atoms with E-state index in [9.17, 15) is 8.42 Å². The molecule has 1 saturated carbocycles. The fraction of sp³-hybridized carbons (Fsp3) is 0.786. The highest BCUT2D eigenvalue weighted by atomic mass is 32.2. The van der Waals surface area contributed by atoms with Crippen molar-refractivity contribution in [1.29, 1.82) is 0 Å². The first-order valence-electron chi connectivity index (χ1n) is 7.75. The van der Waals surface area contributed by atoms with E-state index >= 15 is 0 Å². The largest absolute Gasteiger partial charge is 0.320 e. The first-order chi connectivity index (χ1) is 10.1. The summed E-state index contributed by atoms with van der Waals surface area (Å²) >= 11 is 0. The van der Waals surface area contributed by atoms with Gasteiger partial charge in [-0.1, -0.05) is 6.92 Å². The van der Waals surface area contributed by atoms with Crippen molar-refractivity contribution in [3.05, 3.63) is 12.4 Å². The van der Waals surface area contributed by atoms with E-state index in [-0.39, 0.29) is 0 Å². The number of aryl methyl sites for hydroxylation is 1. The zero-order valence-electron chi connectivity index (χ0n) is 13.0. The molecule has 7 heteroatoms. The number of rotatable bonds is 10. The van der Waals surface area contributed by atoms with Crippen LogP contribution in [0.5, 0.6) is 0 Å². The lowest BCUT2D eigenvalue weighted by Crippen LogP contribution is -2.33. The molecular weight excluding hydrogens is 288 g/mol. The molecule has 0 saturated heterocycles.